The summed E-state index contributed by atoms with van der Waals surface area (Å²) in [5.74, 6) is -0.696. The largest absolute Gasteiger partial charge is 0.506 e. The van der Waals surface area contributed by atoms with Crippen molar-refractivity contribution in [1.29, 1.82) is 0 Å². The maximum atomic E-state index is 13.9. The Hall–Kier alpha value is -3.18. The molecule has 0 saturated carbocycles. The number of carbonyl (C=O) groups is 1. The number of aliphatic hydroxyl groups is 1. The van der Waals surface area contributed by atoms with Gasteiger partial charge in [-0.05, 0) is 49.4 Å². The molecule has 1 aliphatic carbocycles. The number of anilines is 2. The fourth-order valence-electron chi connectivity index (χ4n) is 4.40. The first-order valence-electron chi connectivity index (χ1n) is 11.0. The Kier molecular flexibility index (Phi) is 6.05. The van der Waals surface area contributed by atoms with Crippen LogP contribution in [0.4, 0.5) is 11.4 Å². The monoisotopic (exact) mass is 517 g/mol. The van der Waals surface area contributed by atoms with Crippen LogP contribution in [-0.4, -0.2) is 39.8 Å². The summed E-state index contributed by atoms with van der Waals surface area (Å²) in [6.07, 6.45) is 2.21. The van der Waals surface area contributed by atoms with Crippen molar-refractivity contribution < 1.29 is 26.7 Å². The minimum atomic E-state index is -4.31. The van der Waals surface area contributed by atoms with Crippen molar-refractivity contribution in [3.8, 4) is 0 Å². The molecule has 0 aromatic heterocycles. The van der Waals surface area contributed by atoms with Gasteiger partial charge in [0.1, 0.15) is 16.2 Å². The zero-order chi connectivity index (χ0) is 25.8. The molecule has 0 unspecified atom stereocenters. The van der Waals surface area contributed by atoms with Gasteiger partial charge in [-0.2, -0.15) is 8.42 Å². The lowest BCUT2D eigenvalue weighted by molar-refractivity contribution is -0.120. The molecule has 3 N–H and O–H groups in total. The van der Waals surface area contributed by atoms with E-state index in [4.69, 9.17) is 0 Å². The van der Waals surface area contributed by atoms with Gasteiger partial charge in [0, 0.05) is 11.3 Å². The molecule has 2 aliphatic rings. The third-order valence-electron chi connectivity index (χ3n) is 6.23. The number of rotatable bonds is 6. The number of carbonyl (C=O) groups excluding carboxylic acids is 1. The number of benzene rings is 2. The molecule has 0 saturated heterocycles. The first-order valence-corrected chi connectivity index (χ1v) is 14.4. The standard InChI is InChI=1S/C24H27N3O6S2/c1-14(2)11-12-24(3)17-8-6-5-7-16(17)21(28)20(22(24)29)23-25-18-10-9-15(26-34(4,30)31)13-19(18)35(32,33)27-23/h5-10,13-14,26,28H,11-12H2,1-4H3,(H,25,27)/t24-/m0/s1. The van der Waals surface area contributed by atoms with Gasteiger partial charge in [-0.1, -0.05) is 38.1 Å². The van der Waals surface area contributed by atoms with Crippen LogP contribution in [-0.2, 0) is 30.3 Å². The summed E-state index contributed by atoms with van der Waals surface area (Å²) in [5.41, 5.74) is 0.130. The maximum Gasteiger partial charge on any atom is 0.286 e. The highest BCUT2D eigenvalue weighted by Crippen LogP contribution is 2.44. The second-order valence-electron chi connectivity index (χ2n) is 9.49. The van der Waals surface area contributed by atoms with Crippen molar-refractivity contribution in [2.75, 3.05) is 16.3 Å². The molecule has 2 aromatic carbocycles. The predicted octanol–water partition coefficient (Wildman–Crippen LogP) is 3.82. The quantitative estimate of drug-likeness (QED) is 0.529. The number of hydrogen-bond acceptors (Lipinski definition) is 7. The van der Waals surface area contributed by atoms with Gasteiger partial charge < -0.3 is 10.4 Å². The lowest BCUT2D eigenvalue weighted by atomic mass is 9.66. The second-order valence-corrected chi connectivity index (χ2v) is 12.8. The molecule has 1 aliphatic heterocycles. The highest BCUT2D eigenvalue weighted by Gasteiger charge is 2.46. The van der Waals surface area contributed by atoms with Crippen LogP contribution in [0.25, 0.3) is 5.76 Å². The van der Waals surface area contributed by atoms with E-state index < -0.39 is 31.2 Å². The van der Waals surface area contributed by atoms with Crippen molar-refractivity contribution in [1.82, 2.24) is 0 Å². The number of sulfonamides is 2. The average molecular weight is 518 g/mol. The smallest absolute Gasteiger partial charge is 0.286 e. The van der Waals surface area contributed by atoms with E-state index in [1.807, 2.05) is 0 Å². The molecule has 9 nitrogen and oxygen atoms in total. The molecule has 35 heavy (non-hydrogen) atoms. The van der Waals surface area contributed by atoms with E-state index in [0.29, 0.717) is 23.5 Å². The molecule has 1 heterocycles. The molecule has 186 valence electrons. The zero-order valence-electron chi connectivity index (χ0n) is 19.8. The van der Waals surface area contributed by atoms with Gasteiger partial charge in [-0.3, -0.25) is 9.52 Å². The van der Waals surface area contributed by atoms with Crippen LogP contribution in [0.1, 0.15) is 44.7 Å². The fourth-order valence-corrected chi connectivity index (χ4v) is 6.10. The van der Waals surface area contributed by atoms with E-state index in [1.165, 1.54) is 12.1 Å². The zero-order valence-corrected chi connectivity index (χ0v) is 21.4. The van der Waals surface area contributed by atoms with E-state index in [9.17, 15) is 26.7 Å². The first kappa shape index (κ1) is 24.9. The van der Waals surface area contributed by atoms with Crippen LogP contribution in [0.5, 0.6) is 0 Å². The molecular formula is C24H27N3O6S2. The van der Waals surface area contributed by atoms with Crippen molar-refractivity contribution in [3.05, 3.63) is 59.2 Å². The molecule has 4 rings (SSSR count). The third kappa shape index (κ3) is 4.57. The third-order valence-corrected chi connectivity index (χ3v) is 8.15. The van der Waals surface area contributed by atoms with Crippen molar-refractivity contribution >= 4 is 48.8 Å². The molecule has 11 heteroatoms. The van der Waals surface area contributed by atoms with Gasteiger partial charge in [0.05, 0.1) is 17.4 Å². The lowest BCUT2D eigenvalue weighted by Gasteiger charge is -2.36. The minimum Gasteiger partial charge on any atom is -0.506 e. The van der Waals surface area contributed by atoms with Gasteiger partial charge in [-0.15, -0.1) is 4.40 Å². The van der Waals surface area contributed by atoms with Crippen molar-refractivity contribution in [3.63, 3.8) is 0 Å². The summed E-state index contributed by atoms with van der Waals surface area (Å²) < 4.78 is 55.2. The van der Waals surface area contributed by atoms with Gasteiger partial charge in [0.25, 0.3) is 10.0 Å². The molecule has 1 atom stereocenters. The Morgan fingerprint density at radius 1 is 1.17 bits per heavy atom. The minimum absolute atomic E-state index is 0.0567. The number of Topliss-reactive ketones (excluding diaryl/α,β-unsaturated/α-hetero) is 1. The SMILES string of the molecule is CC(C)CC[C@]1(C)C(=O)C(C2=NS(=O)(=O)c3cc(NS(C)(=O)=O)ccc3N2)=C(O)c2ccccc21. The highest BCUT2D eigenvalue weighted by molar-refractivity contribution is 7.92. The Bertz CT molecular complexity index is 1510. The van der Waals surface area contributed by atoms with E-state index in [0.717, 1.165) is 18.7 Å². The molecule has 0 fully saturated rings. The van der Waals surface area contributed by atoms with Crippen LogP contribution in [0.2, 0.25) is 0 Å². The Morgan fingerprint density at radius 2 is 1.86 bits per heavy atom. The summed E-state index contributed by atoms with van der Waals surface area (Å²) in [4.78, 5) is 13.6. The van der Waals surface area contributed by atoms with Crippen LogP contribution in [0, 0.1) is 5.92 Å². The first-order chi connectivity index (χ1) is 16.2. The average Bonchev–Trinajstić information content (AvgIpc) is 2.76. The lowest BCUT2D eigenvalue weighted by Crippen LogP contribution is -2.42. The van der Waals surface area contributed by atoms with Crippen LogP contribution >= 0.6 is 0 Å². The second kappa shape index (κ2) is 8.49. The molecule has 0 spiro atoms. The van der Waals surface area contributed by atoms with Crippen molar-refractivity contribution in [2.45, 2.75) is 43.9 Å². The van der Waals surface area contributed by atoms with E-state index >= 15 is 0 Å². The van der Waals surface area contributed by atoms with Gasteiger partial charge in [-0.25, -0.2) is 8.42 Å². The molecular weight excluding hydrogens is 490 g/mol. The van der Waals surface area contributed by atoms with Gasteiger partial charge >= 0.3 is 0 Å². The summed E-state index contributed by atoms with van der Waals surface area (Å²) in [7, 11) is -7.94. The molecule has 0 amide bonds. The Balaban J connectivity index is 1.84. The van der Waals surface area contributed by atoms with E-state index in [1.54, 1.807) is 31.2 Å². The van der Waals surface area contributed by atoms with Crippen LogP contribution < -0.4 is 10.0 Å². The number of nitrogens with zero attached hydrogens (tertiary/aromatic N) is 1. The number of nitrogens with one attached hydrogen (secondary N) is 2. The summed E-state index contributed by atoms with van der Waals surface area (Å²) in [6.45, 7) is 5.91. The Morgan fingerprint density at radius 3 is 2.51 bits per heavy atom. The van der Waals surface area contributed by atoms with Crippen molar-refractivity contribution in [2.24, 2.45) is 10.3 Å². The molecule has 2 aromatic rings. The fraction of sp³-hybridized carbons (Fsp3) is 0.333. The van der Waals surface area contributed by atoms with E-state index in [-0.39, 0.29) is 33.4 Å². The van der Waals surface area contributed by atoms with Gasteiger partial charge in [0.15, 0.2) is 11.6 Å². The maximum absolute atomic E-state index is 13.9. The highest BCUT2D eigenvalue weighted by atomic mass is 32.2. The van der Waals surface area contributed by atoms with E-state index in [2.05, 4.69) is 28.3 Å². The predicted molar refractivity (Wildman–Crippen MR) is 136 cm³/mol. The summed E-state index contributed by atoms with van der Waals surface area (Å²) in [5, 5.41) is 14.0. The normalized spacial score (nSPS) is 21.2. The number of aliphatic hydroxyl groups excluding tert-OH is 1. The molecule has 0 radical (unpaired) electrons. The van der Waals surface area contributed by atoms with Crippen LogP contribution in [0.15, 0.2) is 57.3 Å². The summed E-state index contributed by atoms with van der Waals surface area (Å²) >= 11 is 0. The number of ketones is 1. The number of hydrogen-bond donors (Lipinski definition) is 3. The summed E-state index contributed by atoms with van der Waals surface area (Å²) in [6, 6.07) is 11.0. The van der Waals surface area contributed by atoms with Crippen LogP contribution in [0.3, 0.4) is 0 Å². The molecule has 0 bridgehead atoms. The topological polar surface area (TPSA) is 142 Å². The number of fused-ring (bicyclic) bond motifs is 2. The van der Waals surface area contributed by atoms with Gasteiger partial charge in [0.2, 0.25) is 10.0 Å². The Labute approximate surface area is 205 Å². The number of amidine groups is 1.